The van der Waals surface area contributed by atoms with Crippen molar-refractivity contribution in [1.82, 2.24) is 10.2 Å². The number of carbonyl (C=O) groups excluding carboxylic acids is 1. The van der Waals surface area contributed by atoms with E-state index < -0.39 is 0 Å². The van der Waals surface area contributed by atoms with Crippen molar-refractivity contribution in [2.75, 3.05) is 33.2 Å². The number of amides is 1. The van der Waals surface area contributed by atoms with Gasteiger partial charge in [-0.2, -0.15) is 0 Å². The summed E-state index contributed by atoms with van der Waals surface area (Å²) in [6.45, 7) is 4.25. The van der Waals surface area contributed by atoms with Crippen LogP contribution in [0.25, 0.3) is 0 Å². The van der Waals surface area contributed by atoms with Gasteiger partial charge in [-0.1, -0.05) is 0 Å². The Labute approximate surface area is 85.8 Å². The lowest BCUT2D eigenvalue weighted by atomic mass is 9.96. The predicted octanol–water partition coefficient (Wildman–Crippen LogP) is -0.207. The first kappa shape index (κ1) is 11.5. The van der Waals surface area contributed by atoms with E-state index in [0.29, 0.717) is 0 Å². The van der Waals surface area contributed by atoms with Crippen LogP contribution >= 0.6 is 0 Å². The molecule has 0 aromatic rings. The zero-order valence-corrected chi connectivity index (χ0v) is 8.96. The number of likely N-dealkylation sites (tertiary alicyclic amines) is 1. The molecule has 0 bridgehead atoms. The summed E-state index contributed by atoms with van der Waals surface area (Å²) in [5, 5.41) is 3.13. The van der Waals surface area contributed by atoms with E-state index in [4.69, 9.17) is 5.73 Å². The minimum atomic E-state index is -0.125. The topological polar surface area (TPSA) is 58.4 Å². The van der Waals surface area contributed by atoms with Crippen LogP contribution in [0.5, 0.6) is 0 Å². The molecule has 1 aliphatic heterocycles. The molecule has 14 heavy (non-hydrogen) atoms. The van der Waals surface area contributed by atoms with Gasteiger partial charge in [0.1, 0.15) is 0 Å². The smallest absolute Gasteiger partial charge is 0.220 e. The van der Waals surface area contributed by atoms with Crippen molar-refractivity contribution in [3.63, 3.8) is 0 Å². The van der Waals surface area contributed by atoms with Crippen LogP contribution in [0.4, 0.5) is 0 Å². The fourth-order valence-corrected chi connectivity index (χ4v) is 1.92. The van der Waals surface area contributed by atoms with Crippen LogP contribution in [0.2, 0.25) is 0 Å². The van der Waals surface area contributed by atoms with Crippen LogP contribution in [0.15, 0.2) is 0 Å². The van der Waals surface area contributed by atoms with Crippen LogP contribution < -0.4 is 11.1 Å². The average molecular weight is 199 g/mol. The Morgan fingerprint density at radius 1 is 1.50 bits per heavy atom. The molecular formula is C10H21N3O. The zero-order chi connectivity index (χ0) is 10.4. The van der Waals surface area contributed by atoms with Crippen LogP contribution in [-0.4, -0.2) is 44.0 Å². The number of hydrogen-bond donors (Lipinski definition) is 2. The van der Waals surface area contributed by atoms with Crippen molar-refractivity contribution < 1.29 is 4.79 Å². The van der Waals surface area contributed by atoms with Crippen molar-refractivity contribution in [3.05, 3.63) is 0 Å². The summed E-state index contributed by atoms with van der Waals surface area (Å²) in [7, 11) is 1.97. The van der Waals surface area contributed by atoms with Gasteiger partial charge in [0.15, 0.2) is 0 Å². The Morgan fingerprint density at radius 3 is 2.64 bits per heavy atom. The number of rotatable bonds is 5. The Balaban J connectivity index is 2.12. The molecule has 0 unspecified atom stereocenters. The maximum Gasteiger partial charge on any atom is 0.220 e. The maximum absolute atomic E-state index is 10.9. The maximum atomic E-state index is 10.9. The second-order valence-corrected chi connectivity index (χ2v) is 3.98. The third-order valence-electron chi connectivity index (χ3n) is 2.89. The number of nitrogens with two attached hydrogens (primary N) is 1. The number of piperidine rings is 1. The number of nitrogens with one attached hydrogen (secondary N) is 1. The van der Waals surface area contributed by atoms with Crippen molar-refractivity contribution in [1.29, 1.82) is 0 Å². The molecule has 0 aliphatic carbocycles. The molecule has 0 aromatic heterocycles. The summed E-state index contributed by atoms with van der Waals surface area (Å²) in [5.74, 6) is -0.00424. The normalized spacial score (nSPS) is 19.8. The van der Waals surface area contributed by atoms with Crippen LogP contribution in [0, 0.1) is 5.92 Å². The molecule has 0 radical (unpaired) electrons. The van der Waals surface area contributed by atoms with E-state index in [9.17, 15) is 4.79 Å². The molecule has 3 N–H and O–H groups in total. The molecular weight excluding hydrogens is 178 g/mol. The van der Waals surface area contributed by atoms with Gasteiger partial charge in [-0.25, -0.2) is 0 Å². The van der Waals surface area contributed by atoms with Gasteiger partial charge in [-0.15, -0.1) is 0 Å². The van der Waals surface area contributed by atoms with Gasteiger partial charge in [-0.05, 0) is 52.5 Å². The Kier molecular flexibility index (Phi) is 4.90. The lowest BCUT2D eigenvalue weighted by Crippen LogP contribution is -2.39. The molecule has 4 heteroatoms. The molecule has 0 spiro atoms. The molecule has 1 heterocycles. The fourth-order valence-electron chi connectivity index (χ4n) is 1.92. The SMILES string of the molecule is CNCCCN1CCC(C(N)=O)CC1. The number of nitrogens with zero attached hydrogens (tertiary/aromatic N) is 1. The average Bonchev–Trinajstić information content (AvgIpc) is 2.19. The second kappa shape index (κ2) is 5.98. The second-order valence-electron chi connectivity index (χ2n) is 3.98. The van der Waals surface area contributed by atoms with Gasteiger partial charge < -0.3 is 16.0 Å². The minimum Gasteiger partial charge on any atom is -0.369 e. The van der Waals surface area contributed by atoms with E-state index in [1.165, 1.54) is 6.42 Å². The van der Waals surface area contributed by atoms with Crippen molar-refractivity contribution in [2.24, 2.45) is 11.7 Å². The van der Waals surface area contributed by atoms with Crippen LogP contribution in [0.3, 0.4) is 0 Å². The predicted molar refractivity (Wildman–Crippen MR) is 56.9 cm³/mol. The Bertz CT molecular complexity index is 176. The molecule has 1 amide bonds. The van der Waals surface area contributed by atoms with E-state index >= 15 is 0 Å². The Morgan fingerprint density at radius 2 is 2.14 bits per heavy atom. The zero-order valence-electron chi connectivity index (χ0n) is 8.96. The first-order valence-corrected chi connectivity index (χ1v) is 5.40. The molecule has 0 saturated carbocycles. The highest BCUT2D eigenvalue weighted by atomic mass is 16.1. The van der Waals surface area contributed by atoms with Crippen LogP contribution in [-0.2, 0) is 4.79 Å². The molecule has 82 valence electrons. The summed E-state index contributed by atoms with van der Waals surface area (Å²) in [6.07, 6.45) is 3.06. The van der Waals surface area contributed by atoms with Crippen molar-refractivity contribution in [2.45, 2.75) is 19.3 Å². The van der Waals surface area contributed by atoms with Gasteiger partial charge in [0.25, 0.3) is 0 Å². The van der Waals surface area contributed by atoms with E-state index in [1.807, 2.05) is 7.05 Å². The first-order chi connectivity index (χ1) is 6.74. The molecule has 1 saturated heterocycles. The quantitative estimate of drug-likeness (QED) is 0.603. The van der Waals surface area contributed by atoms with E-state index in [2.05, 4.69) is 10.2 Å². The van der Waals surface area contributed by atoms with Gasteiger partial charge in [0.05, 0.1) is 0 Å². The largest absolute Gasteiger partial charge is 0.369 e. The standard InChI is InChI=1S/C10H21N3O/c1-12-5-2-6-13-7-3-9(4-8-13)10(11)14/h9,12H,2-8H2,1H3,(H2,11,14). The van der Waals surface area contributed by atoms with Crippen LogP contribution in [0.1, 0.15) is 19.3 Å². The monoisotopic (exact) mass is 199 g/mol. The molecule has 0 atom stereocenters. The number of hydrogen-bond acceptors (Lipinski definition) is 3. The lowest BCUT2D eigenvalue weighted by Gasteiger charge is -2.30. The highest BCUT2D eigenvalue weighted by Gasteiger charge is 2.22. The molecule has 1 aliphatic rings. The summed E-state index contributed by atoms with van der Waals surface area (Å²) >= 11 is 0. The summed E-state index contributed by atoms with van der Waals surface area (Å²) in [6, 6.07) is 0. The third-order valence-corrected chi connectivity index (χ3v) is 2.89. The molecule has 0 aromatic carbocycles. The van der Waals surface area contributed by atoms with Crippen molar-refractivity contribution in [3.8, 4) is 0 Å². The molecule has 4 nitrogen and oxygen atoms in total. The summed E-state index contributed by atoms with van der Waals surface area (Å²) in [5.41, 5.74) is 5.27. The molecule has 1 rings (SSSR count). The molecule has 1 fully saturated rings. The van der Waals surface area contributed by atoms with Gasteiger partial charge in [0, 0.05) is 5.92 Å². The number of primary amides is 1. The van der Waals surface area contributed by atoms with E-state index in [0.717, 1.165) is 39.0 Å². The van der Waals surface area contributed by atoms with Gasteiger partial charge >= 0.3 is 0 Å². The summed E-state index contributed by atoms with van der Waals surface area (Å²) in [4.78, 5) is 13.3. The highest BCUT2D eigenvalue weighted by molar-refractivity contribution is 5.76. The third kappa shape index (κ3) is 3.64. The van der Waals surface area contributed by atoms with E-state index in [-0.39, 0.29) is 11.8 Å². The minimum absolute atomic E-state index is 0.121. The first-order valence-electron chi connectivity index (χ1n) is 5.40. The lowest BCUT2D eigenvalue weighted by molar-refractivity contribution is -0.123. The fraction of sp³-hybridized carbons (Fsp3) is 0.900. The summed E-state index contributed by atoms with van der Waals surface area (Å²) < 4.78 is 0. The van der Waals surface area contributed by atoms with E-state index in [1.54, 1.807) is 0 Å². The highest BCUT2D eigenvalue weighted by Crippen LogP contribution is 2.16. The van der Waals surface area contributed by atoms with Gasteiger partial charge in [-0.3, -0.25) is 4.79 Å². The van der Waals surface area contributed by atoms with Crippen molar-refractivity contribution >= 4 is 5.91 Å². The van der Waals surface area contributed by atoms with Gasteiger partial charge in [0.2, 0.25) is 5.91 Å². The number of carbonyl (C=O) groups is 1. The Hall–Kier alpha value is -0.610.